The van der Waals surface area contributed by atoms with Crippen molar-refractivity contribution < 1.29 is 22.4 Å². The smallest absolute Gasteiger partial charge is 0.422 e. The molecule has 168 valence electrons. The summed E-state index contributed by atoms with van der Waals surface area (Å²) in [4.78, 5) is 8.41. The third-order valence-electron chi connectivity index (χ3n) is 3.92. The fraction of sp³-hybridized carbons (Fsp3) is 0.526. The van der Waals surface area contributed by atoms with Gasteiger partial charge in [-0.05, 0) is 18.6 Å². The van der Waals surface area contributed by atoms with Crippen LogP contribution in [0.2, 0.25) is 0 Å². The standard InChI is InChI=1S/C19H26F3N5O2.HI/c1-12(2)17-26-16(29-27-17)7-8-24-18(23-4)25-10-14-6-5-13(3)9-15(14)28-11-19(20,21)22;/h5-6,9,12H,7-8,10-11H2,1-4H3,(H2,23,24,25);1H. The van der Waals surface area contributed by atoms with Crippen molar-refractivity contribution in [2.75, 3.05) is 20.2 Å². The lowest BCUT2D eigenvalue weighted by Gasteiger charge is -2.16. The molecule has 7 nitrogen and oxygen atoms in total. The highest BCUT2D eigenvalue weighted by Gasteiger charge is 2.28. The number of aryl methyl sites for hydroxylation is 1. The molecule has 1 heterocycles. The summed E-state index contributed by atoms with van der Waals surface area (Å²) in [5.41, 5.74) is 1.41. The van der Waals surface area contributed by atoms with Crippen LogP contribution in [0.25, 0.3) is 0 Å². The zero-order chi connectivity index (χ0) is 21.4. The fourth-order valence-electron chi connectivity index (χ4n) is 2.39. The van der Waals surface area contributed by atoms with Gasteiger partial charge in [0, 0.05) is 38.0 Å². The molecule has 0 aliphatic heterocycles. The van der Waals surface area contributed by atoms with Crippen molar-refractivity contribution in [3.05, 3.63) is 41.0 Å². The van der Waals surface area contributed by atoms with Crippen molar-refractivity contribution in [3.63, 3.8) is 0 Å². The van der Waals surface area contributed by atoms with Crippen molar-refractivity contribution in [2.45, 2.75) is 45.8 Å². The molecule has 0 aliphatic carbocycles. The largest absolute Gasteiger partial charge is 0.484 e. The second-order valence-corrected chi connectivity index (χ2v) is 6.82. The summed E-state index contributed by atoms with van der Waals surface area (Å²) in [6.07, 6.45) is -3.87. The second kappa shape index (κ2) is 12.0. The number of hydrogen-bond acceptors (Lipinski definition) is 5. The lowest BCUT2D eigenvalue weighted by molar-refractivity contribution is -0.153. The van der Waals surface area contributed by atoms with Gasteiger partial charge in [0.15, 0.2) is 18.4 Å². The molecule has 1 aromatic heterocycles. The molecule has 0 aliphatic rings. The minimum Gasteiger partial charge on any atom is -0.484 e. The van der Waals surface area contributed by atoms with E-state index in [9.17, 15) is 13.2 Å². The molecule has 0 bridgehead atoms. The van der Waals surface area contributed by atoms with Gasteiger partial charge < -0.3 is 19.9 Å². The molecule has 30 heavy (non-hydrogen) atoms. The van der Waals surface area contributed by atoms with Gasteiger partial charge in [0.25, 0.3) is 0 Å². The summed E-state index contributed by atoms with van der Waals surface area (Å²) in [6, 6.07) is 5.13. The first-order valence-electron chi connectivity index (χ1n) is 9.24. The molecular weight excluding hydrogens is 514 g/mol. The molecule has 1 aromatic carbocycles. The van der Waals surface area contributed by atoms with E-state index in [0.717, 1.165) is 5.56 Å². The maximum absolute atomic E-state index is 12.5. The Kier molecular flexibility index (Phi) is 10.4. The number of aliphatic imine (C=N–C) groups is 1. The highest BCUT2D eigenvalue weighted by Crippen LogP contribution is 2.23. The first-order chi connectivity index (χ1) is 13.7. The molecule has 2 aromatic rings. The molecule has 0 unspecified atom stereocenters. The monoisotopic (exact) mass is 541 g/mol. The van der Waals surface area contributed by atoms with Crippen LogP contribution < -0.4 is 15.4 Å². The minimum atomic E-state index is -4.39. The van der Waals surface area contributed by atoms with Gasteiger partial charge in [0.2, 0.25) is 5.89 Å². The summed E-state index contributed by atoms with van der Waals surface area (Å²) < 4.78 is 47.6. The Morgan fingerprint density at radius 3 is 2.60 bits per heavy atom. The average Bonchev–Trinajstić information content (AvgIpc) is 3.12. The van der Waals surface area contributed by atoms with Gasteiger partial charge in [-0.1, -0.05) is 31.1 Å². The normalized spacial score (nSPS) is 11.9. The summed E-state index contributed by atoms with van der Waals surface area (Å²) >= 11 is 0. The Balaban J connectivity index is 0.00000450. The number of nitrogens with zero attached hydrogens (tertiary/aromatic N) is 3. The predicted octanol–water partition coefficient (Wildman–Crippen LogP) is 3.97. The quantitative estimate of drug-likeness (QED) is 0.299. The van der Waals surface area contributed by atoms with Gasteiger partial charge in [0.1, 0.15) is 5.75 Å². The number of ether oxygens (including phenoxy) is 1. The average molecular weight is 541 g/mol. The maximum Gasteiger partial charge on any atom is 0.422 e. The van der Waals surface area contributed by atoms with E-state index in [1.54, 1.807) is 26.1 Å². The molecule has 11 heteroatoms. The molecule has 0 atom stereocenters. The van der Waals surface area contributed by atoms with E-state index in [1.807, 2.05) is 19.9 Å². The summed E-state index contributed by atoms with van der Waals surface area (Å²) in [5, 5.41) is 10.1. The van der Waals surface area contributed by atoms with E-state index in [1.165, 1.54) is 0 Å². The Morgan fingerprint density at radius 1 is 1.27 bits per heavy atom. The Morgan fingerprint density at radius 2 is 2.00 bits per heavy atom. The topological polar surface area (TPSA) is 84.6 Å². The Bertz CT molecular complexity index is 825. The molecule has 0 fully saturated rings. The highest BCUT2D eigenvalue weighted by molar-refractivity contribution is 14.0. The fourth-order valence-corrected chi connectivity index (χ4v) is 2.39. The summed E-state index contributed by atoms with van der Waals surface area (Å²) in [5.74, 6) is 2.07. The Hall–Kier alpha value is -2.05. The molecule has 2 N–H and O–H groups in total. The van der Waals surface area contributed by atoms with Crippen LogP contribution >= 0.6 is 24.0 Å². The highest BCUT2D eigenvalue weighted by atomic mass is 127. The van der Waals surface area contributed by atoms with Crippen LogP contribution in [0.15, 0.2) is 27.7 Å². The SMILES string of the molecule is CN=C(NCCc1nc(C(C)C)no1)NCc1ccc(C)cc1OCC(F)(F)F.I. The molecule has 0 saturated heterocycles. The van der Waals surface area contributed by atoms with Crippen molar-refractivity contribution in [2.24, 2.45) is 4.99 Å². The number of nitrogens with one attached hydrogen (secondary N) is 2. The number of alkyl halides is 3. The van der Waals surface area contributed by atoms with Gasteiger partial charge in [-0.25, -0.2) is 0 Å². The zero-order valence-corrected chi connectivity index (χ0v) is 19.7. The van der Waals surface area contributed by atoms with E-state index in [-0.39, 0.29) is 42.2 Å². The lowest BCUT2D eigenvalue weighted by Crippen LogP contribution is -2.38. The van der Waals surface area contributed by atoms with Crippen molar-refractivity contribution >= 4 is 29.9 Å². The van der Waals surface area contributed by atoms with E-state index >= 15 is 0 Å². The number of guanidine groups is 1. The summed E-state index contributed by atoms with van der Waals surface area (Å²) in [6.45, 7) is 5.18. The number of rotatable bonds is 8. The molecule has 0 radical (unpaired) electrons. The first kappa shape index (κ1) is 26.0. The second-order valence-electron chi connectivity index (χ2n) is 6.82. The molecule has 2 rings (SSSR count). The van der Waals surface area contributed by atoms with Crippen LogP contribution in [0.5, 0.6) is 5.75 Å². The third kappa shape index (κ3) is 8.76. The van der Waals surface area contributed by atoms with E-state index < -0.39 is 12.8 Å². The number of hydrogen-bond donors (Lipinski definition) is 2. The number of halogens is 4. The van der Waals surface area contributed by atoms with Crippen molar-refractivity contribution in [3.8, 4) is 5.75 Å². The molecule has 0 saturated carbocycles. The van der Waals surface area contributed by atoms with Gasteiger partial charge >= 0.3 is 6.18 Å². The van der Waals surface area contributed by atoms with Crippen LogP contribution in [0.3, 0.4) is 0 Å². The van der Waals surface area contributed by atoms with Gasteiger partial charge in [-0.3, -0.25) is 4.99 Å². The third-order valence-corrected chi connectivity index (χ3v) is 3.92. The zero-order valence-electron chi connectivity index (χ0n) is 17.3. The first-order valence-corrected chi connectivity index (χ1v) is 9.24. The van der Waals surface area contributed by atoms with Crippen LogP contribution in [-0.4, -0.2) is 42.5 Å². The lowest BCUT2D eigenvalue weighted by atomic mass is 10.1. The Labute approximate surface area is 190 Å². The maximum atomic E-state index is 12.5. The van der Waals surface area contributed by atoms with Gasteiger partial charge in [0.05, 0.1) is 0 Å². The number of benzene rings is 1. The van der Waals surface area contributed by atoms with Crippen LogP contribution in [0, 0.1) is 6.92 Å². The summed E-state index contributed by atoms with van der Waals surface area (Å²) in [7, 11) is 1.61. The van der Waals surface area contributed by atoms with Gasteiger partial charge in [-0.2, -0.15) is 18.2 Å². The van der Waals surface area contributed by atoms with Crippen molar-refractivity contribution in [1.82, 2.24) is 20.8 Å². The van der Waals surface area contributed by atoms with E-state index in [0.29, 0.717) is 36.2 Å². The van der Waals surface area contributed by atoms with Crippen LogP contribution in [0.4, 0.5) is 13.2 Å². The van der Waals surface area contributed by atoms with Crippen LogP contribution in [-0.2, 0) is 13.0 Å². The molecular formula is C19H27F3IN5O2. The molecule has 0 spiro atoms. The minimum absolute atomic E-state index is 0. The van der Waals surface area contributed by atoms with Gasteiger partial charge in [-0.15, -0.1) is 24.0 Å². The predicted molar refractivity (Wildman–Crippen MR) is 118 cm³/mol. The van der Waals surface area contributed by atoms with E-state index in [4.69, 9.17) is 9.26 Å². The van der Waals surface area contributed by atoms with Crippen molar-refractivity contribution in [1.29, 1.82) is 0 Å². The van der Waals surface area contributed by atoms with E-state index in [2.05, 4.69) is 25.8 Å². The van der Waals surface area contributed by atoms with Crippen LogP contribution in [0.1, 0.15) is 42.6 Å². The molecule has 0 amide bonds. The number of aromatic nitrogens is 2.